The van der Waals surface area contributed by atoms with Gasteiger partial charge in [-0.15, -0.1) is 15.3 Å². The summed E-state index contributed by atoms with van der Waals surface area (Å²) >= 11 is 0. The van der Waals surface area contributed by atoms with Crippen molar-refractivity contribution < 1.29 is 22.4 Å². The molecule has 0 radical (unpaired) electrons. The van der Waals surface area contributed by atoms with Crippen LogP contribution < -0.4 is 5.32 Å². The molecule has 0 saturated carbocycles. The number of aromatic nitrogens is 5. The third kappa shape index (κ3) is 5.46. The molecule has 34 heavy (non-hydrogen) atoms. The molecule has 2 aromatic heterocycles. The van der Waals surface area contributed by atoms with Crippen LogP contribution in [-0.2, 0) is 11.3 Å². The van der Waals surface area contributed by atoms with Gasteiger partial charge < -0.3 is 14.6 Å². The van der Waals surface area contributed by atoms with Crippen LogP contribution in [0.5, 0.6) is 0 Å². The van der Waals surface area contributed by atoms with Crippen LogP contribution in [0.1, 0.15) is 17.9 Å². The van der Waals surface area contributed by atoms with Crippen LogP contribution in [0.2, 0.25) is 0 Å². The molecule has 9 nitrogen and oxygen atoms in total. The van der Waals surface area contributed by atoms with E-state index in [0.717, 1.165) is 11.6 Å². The minimum atomic E-state index is -2.90. The van der Waals surface area contributed by atoms with Gasteiger partial charge in [-0.05, 0) is 38.4 Å². The smallest absolute Gasteiger partial charge is 0.314 e. The molecule has 1 amide bonds. The second-order valence-corrected chi connectivity index (χ2v) is 7.72. The maximum absolute atomic E-state index is 14.6. The molecule has 0 aliphatic heterocycles. The van der Waals surface area contributed by atoms with Crippen LogP contribution in [0.15, 0.2) is 53.1 Å². The van der Waals surface area contributed by atoms with Gasteiger partial charge in [0.05, 0.1) is 19.3 Å². The largest absolute Gasteiger partial charge is 0.415 e. The summed E-state index contributed by atoms with van der Waals surface area (Å²) in [7, 11) is 3.61. The highest BCUT2D eigenvalue weighted by Gasteiger charge is 2.18. The lowest BCUT2D eigenvalue weighted by atomic mass is 10.1. The number of hydrogen-bond donors (Lipinski definition) is 1. The molecule has 2 heterocycles. The van der Waals surface area contributed by atoms with E-state index in [2.05, 4.69) is 25.8 Å². The normalized spacial score (nSPS) is 11.4. The van der Waals surface area contributed by atoms with Gasteiger partial charge in [-0.1, -0.05) is 23.4 Å². The number of likely N-dealkylation sites (N-methyl/N-ethyl adjacent to an activating group) is 1. The Labute approximate surface area is 192 Å². The third-order valence-corrected chi connectivity index (χ3v) is 4.70. The van der Waals surface area contributed by atoms with Gasteiger partial charge in [0.2, 0.25) is 11.8 Å². The van der Waals surface area contributed by atoms with Gasteiger partial charge in [0.1, 0.15) is 11.5 Å². The number of carbonyl (C=O) groups excluding carboxylic acids is 1. The number of benzene rings is 2. The molecule has 0 aliphatic carbocycles. The minimum absolute atomic E-state index is 0.0878. The fourth-order valence-electron chi connectivity index (χ4n) is 3.17. The summed E-state index contributed by atoms with van der Waals surface area (Å²) in [5.74, 6) is -1.75. The first-order valence-electron chi connectivity index (χ1n) is 10.1. The molecule has 176 valence electrons. The van der Waals surface area contributed by atoms with E-state index in [1.165, 1.54) is 16.8 Å². The van der Waals surface area contributed by atoms with Gasteiger partial charge in [0.15, 0.2) is 0 Å². The zero-order valence-corrected chi connectivity index (χ0v) is 18.2. The van der Waals surface area contributed by atoms with Crippen LogP contribution in [0, 0.1) is 5.82 Å². The first-order chi connectivity index (χ1) is 16.3. The molecule has 1 N–H and O–H groups in total. The lowest BCUT2D eigenvalue weighted by Gasteiger charge is -2.10. The maximum Gasteiger partial charge on any atom is 0.314 e. The molecular weight excluding hydrogens is 451 g/mol. The Hall–Kier alpha value is -4.06. The van der Waals surface area contributed by atoms with Crippen LogP contribution in [-0.4, -0.2) is 56.6 Å². The number of hydrogen-bond acceptors (Lipinski definition) is 7. The topological polar surface area (TPSA) is 102 Å². The Morgan fingerprint density at radius 2 is 1.94 bits per heavy atom. The molecule has 0 aliphatic rings. The Morgan fingerprint density at radius 1 is 1.12 bits per heavy atom. The molecule has 0 unspecified atom stereocenters. The number of carbonyl (C=O) groups is 1. The van der Waals surface area contributed by atoms with Crippen molar-refractivity contribution in [1.82, 2.24) is 30.1 Å². The van der Waals surface area contributed by atoms with E-state index in [9.17, 15) is 18.0 Å². The molecule has 0 fully saturated rings. The van der Waals surface area contributed by atoms with E-state index < -0.39 is 18.1 Å². The molecule has 2 aromatic carbocycles. The van der Waals surface area contributed by atoms with Crippen LogP contribution >= 0.6 is 0 Å². The molecule has 0 atom stereocenters. The van der Waals surface area contributed by atoms with Gasteiger partial charge in [-0.25, -0.2) is 9.07 Å². The highest BCUT2D eigenvalue weighted by Crippen LogP contribution is 2.25. The summed E-state index contributed by atoms with van der Waals surface area (Å²) in [5, 5.41) is 17.8. The zero-order chi connectivity index (χ0) is 24.2. The number of nitrogens with zero attached hydrogens (tertiary/aromatic N) is 6. The predicted octanol–water partition coefficient (Wildman–Crippen LogP) is 3.62. The van der Waals surface area contributed by atoms with Crippen LogP contribution in [0.25, 0.3) is 22.7 Å². The first-order valence-corrected chi connectivity index (χ1v) is 10.1. The number of rotatable bonds is 8. The number of amides is 1. The van der Waals surface area contributed by atoms with Crippen molar-refractivity contribution in [2.24, 2.45) is 0 Å². The Bertz CT molecular complexity index is 1300. The highest BCUT2D eigenvalue weighted by atomic mass is 19.3. The average Bonchev–Trinajstić information content (AvgIpc) is 3.45. The summed E-state index contributed by atoms with van der Waals surface area (Å²) in [6, 6.07) is 11.3. The average molecular weight is 471 g/mol. The monoisotopic (exact) mass is 471 g/mol. The second kappa shape index (κ2) is 9.83. The lowest BCUT2D eigenvalue weighted by Crippen LogP contribution is -2.27. The fraction of sp³-hybridized carbons (Fsp3) is 0.227. The molecule has 0 spiro atoms. The molecule has 4 aromatic rings. The standard InChI is InChI=1S/C22H20F3N7O2/c1-31(2)12-19(33)26-16-5-3-4-13(8-16)18-11-32(30-27-18)10-15-7-6-14(9-17(15)23)21-28-29-22(34-21)20(24)25/h3-9,11,20H,10,12H2,1-2H3,(H,26,33). The summed E-state index contributed by atoms with van der Waals surface area (Å²) in [4.78, 5) is 13.8. The summed E-state index contributed by atoms with van der Waals surface area (Å²) in [6.07, 6.45) is -1.25. The van der Waals surface area contributed by atoms with E-state index in [0.29, 0.717) is 16.9 Å². The second-order valence-electron chi connectivity index (χ2n) is 7.72. The molecule has 4 rings (SSSR count). The number of anilines is 1. The van der Waals surface area contributed by atoms with E-state index >= 15 is 0 Å². The Balaban J connectivity index is 1.47. The van der Waals surface area contributed by atoms with Crippen molar-refractivity contribution in [2.75, 3.05) is 26.0 Å². The Kier molecular flexibility index (Phi) is 6.68. The van der Waals surface area contributed by atoms with Gasteiger partial charge >= 0.3 is 6.43 Å². The quantitative estimate of drug-likeness (QED) is 0.419. The highest BCUT2D eigenvalue weighted by molar-refractivity contribution is 5.92. The van der Waals surface area contributed by atoms with E-state index in [-0.39, 0.29) is 30.5 Å². The van der Waals surface area contributed by atoms with Crippen LogP contribution in [0.4, 0.5) is 18.9 Å². The van der Waals surface area contributed by atoms with Gasteiger partial charge in [-0.3, -0.25) is 4.79 Å². The van der Waals surface area contributed by atoms with Crippen molar-refractivity contribution >= 4 is 11.6 Å². The fourth-order valence-corrected chi connectivity index (χ4v) is 3.17. The van der Waals surface area contributed by atoms with Crippen LogP contribution in [0.3, 0.4) is 0 Å². The number of alkyl halides is 2. The van der Waals surface area contributed by atoms with E-state index in [1.807, 2.05) is 6.07 Å². The summed E-state index contributed by atoms with van der Waals surface area (Å²) in [6.45, 7) is 0.342. The van der Waals surface area contributed by atoms with Crippen molar-refractivity contribution in [3.05, 3.63) is 65.9 Å². The lowest BCUT2D eigenvalue weighted by molar-refractivity contribution is -0.116. The summed E-state index contributed by atoms with van der Waals surface area (Å²) in [5.41, 5.74) is 2.39. The number of halogens is 3. The summed E-state index contributed by atoms with van der Waals surface area (Å²) < 4.78 is 46.2. The number of nitrogens with one attached hydrogen (secondary N) is 1. The van der Waals surface area contributed by atoms with Crippen molar-refractivity contribution in [1.29, 1.82) is 0 Å². The van der Waals surface area contributed by atoms with E-state index in [1.54, 1.807) is 43.4 Å². The molecule has 12 heteroatoms. The SMILES string of the molecule is CN(C)CC(=O)Nc1cccc(-c2cn(Cc3ccc(-c4nnc(C(F)F)o4)cc3F)nn2)c1. The third-order valence-electron chi connectivity index (χ3n) is 4.70. The zero-order valence-electron chi connectivity index (χ0n) is 18.2. The predicted molar refractivity (Wildman–Crippen MR) is 116 cm³/mol. The van der Waals surface area contributed by atoms with Gasteiger partial charge in [-0.2, -0.15) is 8.78 Å². The maximum atomic E-state index is 14.6. The molecule has 0 bridgehead atoms. The first kappa shape index (κ1) is 23.1. The minimum Gasteiger partial charge on any atom is -0.415 e. The Morgan fingerprint density at radius 3 is 2.65 bits per heavy atom. The molecular formula is C22H20F3N7O2. The van der Waals surface area contributed by atoms with E-state index in [4.69, 9.17) is 4.42 Å². The van der Waals surface area contributed by atoms with Gasteiger partial charge in [0.25, 0.3) is 5.89 Å². The van der Waals surface area contributed by atoms with Gasteiger partial charge in [0, 0.05) is 22.4 Å². The van der Waals surface area contributed by atoms with Crippen molar-refractivity contribution in [3.8, 4) is 22.7 Å². The molecule has 0 saturated heterocycles. The van der Waals surface area contributed by atoms with Crippen molar-refractivity contribution in [2.45, 2.75) is 13.0 Å². The van der Waals surface area contributed by atoms with Crippen molar-refractivity contribution in [3.63, 3.8) is 0 Å².